The predicted octanol–water partition coefficient (Wildman–Crippen LogP) is 2.96. The van der Waals surface area contributed by atoms with Gasteiger partial charge in [0.1, 0.15) is 12.1 Å². The van der Waals surface area contributed by atoms with Gasteiger partial charge < -0.3 is 10.1 Å². The maximum absolute atomic E-state index is 5.48. The summed E-state index contributed by atoms with van der Waals surface area (Å²) in [6.45, 7) is 5.77. The quantitative estimate of drug-likeness (QED) is 0.841. The Morgan fingerprint density at radius 2 is 1.95 bits per heavy atom. The second kappa shape index (κ2) is 7.60. The van der Waals surface area contributed by atoms with Crippen molar-refractivity contribution in [2.75, 3.05) is 13.2 Å². The van der Waals surface area contributed by atoms with E-state index in [0.717, 1.165) is 24.4 Å². The fraction of sp³-hybridized carbons (Fsp3) is 0.375. The van der Waals surface area contributed by atoms with Gasteiger partial charge in [-0.25, -0.2) is 9.97 Å². The summed E-state index contributed by atoms with van der Waals surface area (Å²) in [6.07, 6.45) is 4.45. The first-order chi connectivity index (χ1) is 9.85. The highest BCUT2D eigenvalue weighted by Crippen LogP contribution is 2.22. The van der Waals surface area contributed by atoms with Crippen LogP contribution in [0, 0.1) is 0 Å². The summed E-state index contributed by atoms with van der Waals surface area (Å²) < 4.78 is 5.48. The third-order valence-electron chi connectivity index (χ3n) is 3.02. The second-order valence-electron chi connectivity index (χ2n) is 4.52. The Morgan fingerprint density at radius 3 is 2.55 bits per heavy atom. The summed E-state index contributed by atoms with van der Waals surface area (Å²) >= 11 is 0. The van der Waals surface area contributed by atoms with Crippen molar-refractivity contribution >= 4 is 0 Å². The van der Waals surface area contributed by atoms with Gasteiger partial charge in [-0.3, -0.25) is 0 Å². The van der Waals surface area contributed by atoms with Crippen LogP contribution in [0.2, 0.25) is 0 Å². The number of hydrogen-bond donors (Lipinski definition) is 1. The van der Waals surface area contributed by atoms with Crippen molar-refractivity contribution in [2.24, 2.45) is 0 Å². The molecule has 0 aliphatic carbocycles. The van der Waals surface area contributed by atoms with Crippen molar-refractivity contribution in [2.45, 2.75) is 26.3 Å². The lowest BCUT2D eigenvalue weighted by molar-refractivity contribution is 0.340. The first-order valence-corrected chi connectivity index (χ1v) is 7.07. The van der Waals surface area contributed by atoms with E-state index >= 15 is 0 Å². The van der Waals surface area contributed by atoms with Crippen molar-refractivity contribution in [3.05, 3.63) is 54.1 Å². The van der Waals surface area contributed by atoms with Gasteiger partial charge in [0.15, 0.2) is 0 Å². The fourth-order valence-corrected chi connectivity index (χ4v) is 2.08. The molecule has 4 heteroatoms. The zero-order valence-electron chi connectivity index (χ0n) is 12.0. The van der Waals surface area contributed by atoms with Crippen LogP contribution in [0.1, 0.15) is 37.6 Å². The summed E-state index contributed by atoms with van der Waals surface area (Å²) in [4.78, 5) is 8.34. The molecule has 0 saturated heterocycles. The molecule has 1 aromatic heterocycles. The predicted molar refractivity (Wildman–Crippen MR) is 79.8 cm³/mol. The van der Waals surface area contributed by atoms with Gasteiger partial charge in [-0.15, -0.1) is 0 Å². The van der Waals surface area contributed by atoms with Crippen LogP contribution in [-0.2, 0) is 0 Å². The zero-order chi connectivity index (χ0) is 14.2. The molecule has 1 atom stereocenters. The molecule has 4 nitrogen and oxygen atoms in total. The van der Waals surface area contributed by atoms with E-state index in [1.165, 1.54) is 5.56 Å². The number of nitrogens with zero attached hydrogens (tertiary/aromatic N) is 2. The minimum Gasteiger partial charge on any atom is -0.494 e. The Morgan fingerprint density at radius 1 is 1.15 bits per heavy atom. The average molecular weight is 271 g/mol. The molecule has 0 aliphatic rings. The Bertz CT molecular complexity index is 499. The molecule has 0 spiro atoms. The number of aromatic nitrogens is 2. The van der Waals surface area contributed by atoms with Gasteiger partial charge in [0, 0.05) is 6.20 Å². The lowest BCUT2D eigenvalue weighted by atomic mass is 10.0. The fourth-order valence-electron chi connectivity index (χ4n) is 2.08. The van der Waals surface area contributed by atoms with Crippen molar-refractivity contribution in [3.63, 3.8) is 0 Å². The van der Waals surface area contributed by atoms with Crippen LogP contribution in [-0.4, -0.2) is 23.1 Å². The van der Waals surface area contributed by atoms with Crippen LogP contribution in [0.4, 0.5) is 0 Å². The van der Waals surface area contributed by atoms with Crippen LogP contribution >= 0.6 is 0 Å². The van der Waals surface area contributed by atoms with Crippen LogP contribution in [0.15, 0.2) is 42.9 Å². The molecule has 1 aromatic carbocycles. The maximum atomic E-state index is 5.48. The smallest absolute Gasteiger partial charge is 0.119 e. The largest absolute Gasteiger partial charge is 0.494 e. The third kappa shape index (κ3) is 3.78. The molecular weight excluding hydrogens is 250 g/mol. The van der Waals surface area contributed by atoms with E-state index in [1.807, 2.05) is 25.1 Å². The SMILES string of the molecule is CCCNC(c1ccc(OCC)cc1)c1ccncn1. The van der Waals surface area contributed by atoms with Crippen LogP contribution in [0.25, 0.3) is 0 Å². The highest BCUT2D eigenvalue weighted by atomic mass is 16.5. The minimum atomic E-state index is 0.0913. The normalized spacial score (nSPS) is 12.1. The van der Waals surface area contributed by atoms with E-state index in [2.05, 4.69) is 34.3 Å². The molecule has 1 heterocycles. The average Bonchev–Trinajstić information content (AvgIpc) is 2.51. The summed E-state index contributed by atoms with van der Waals surface area (Å²) in [5.74, 6) is 0.896. The summed E-state index contributed by atoms with van der Waals surface area (Å²) in [7, 11) is 0. The van der Waals surface area contributed by atoms with Gasteiger partial charge in [0.2, 0.25) is 0 Å². The van der Waals surface area contributed by atoms with Crippen LogP contribution in [0.5, 0.6) is 5.75 Å². The lowest BCUT2D eigenvalue weighted by Crippen LogP contribution is -2.24. The Hall–Kier alpha value is -1.94. The minimum absolute atomic E-state index is 0.0913. The standard InChI is InChI=1S/C16H21N3O/c1-3-10-18-16(15-9-11-17-12-19-15)13-5-7-14(8-6-13)20-4-2/h5-9,11-12,16,18H,3-4,10H2,1-2H3. The van der Waals surface area contributed by atoms with E-state index in [-0.39, 0.29) is 6.04 Å². The van der Waals surface area contributed by atoms with Gasteiger partial charge in [-0.2, -0.15) is 0 Å². The van der Waals surface area contributed by atoms with Crippen molar-refractivity contribution < 1.29 is 4.74 Å². The third-order valence-corrected chi connectivity index (χ3v) is 3.02. The van der Waals surface area contributed by atoms with E-state index in [0.29, 0.717) is 6.61 Å². The zero-order valence-corrected chi connectivity index (χ0v) is 12.0. The molecule has 0 amide bonds. The molecule has 0 bridgehead atoms. The first-order valence-electron chi connectivity index (χ1n) is 7.07. The van der Waals surface area contributed by atoms with Crippen LogP contribution in [0.3, 0.4) is 0 Å². The second-order valence-corrected chi connectivity index (χ2v) is 4.52. The van der Waals surface area contributed by atoms with Crippen molar-refractivity contribution in [3.8, 4) is 5.75 Å². The van der Waals surface area contributed by atoms with Gasteiger partial charge in [-0.05, 0) is 43.7 Å². The van der Waals surface area contributed by atoms with Gasteiger partial charge in [0.05, 0.1) is 18.3 Å². The molecule has 2 rings (SSSR count). The molecule has 0 radical (unpaired) electrons. The van der Waals surface area contributed by atoms with Crippen molar-refractivity contribution in [1.29, 1.82) is 0 Å². The molecule has 0 fully saturated rings. The number of ether oxygens (including phenoxy) is 1. The van der Waals surface area contributed by atoms with Crippen molar-refractivity contribution in [1.82, 2.24) is 15.3 Å². The van der Waals surface area contributed by atoms with E-state index < -0.39 is 0 Å². The number of hydrogen-bond acceptors (Lipinski definition) is 4. The Balaban J connectivity index is 2.22. The molecule has 20 heavy (non-hydrogen) atoms. The number of nitrogens with one attached hydrogen (secondary N) is 1. The molecule has 1 unspecified atom stereocenters. The summed E-state index contributed by atoms with van der Waals surface area (Å²) in [5.41, 5.74) is 2.17. The maximum Gasteiger partial charge on any atom is 0.119 e. The van der Waals surface area contributed by atoms with Gasteiger partial charge in [-0.1, -0.05) is 19.1 Å². The lowest BCUT2D eigenvalue weighted by Gasteiger charge is -2.18. The van der Waals surface area contributed by atoms with Crippen LogP contribution < -0.4 is 10.1 Å². The molecular formula is C16H21N3O. The topological polar surface area (TPSA) is 47.0 Å². The van der Waals surface area contributed by atoms with Gasteiger partial charge in [0.25, 0.3) is 0 Å². The van der Waals surface area contributed by atoms with Gasteiger partial charge >= 0.3 is 0 Å². The Kier molecular flexibility index (Phi) is 5.50. The number of benzene rings is 1. The molecule has 0 saturated carbocycles. The monoisotopic (exact) mass is 271 g/mol. The van der Waals surface area contributed by atoms with E-state index in [4.69, 9.17) is 4.74 Å². The van der Waals surface area contributed by atoms with E-state index in [1.54, 1.807) is 12.5 Å². The number of rotatable bonds is 7. The molecule has 0 aliphatic heterocycles. The molecule has 106 valence electrons. The first kappa shape index (κ1) is 14.5. The molecule has 1 N–H and O–H groups in total. The van der Waals surface area contributed by atoms with E-state index in [9.17, 15) is 0 Å². The molecule has 2 aromatic rings. The Labute approximate surface area is 120 Å². The highest BCUT2D eigenvalue weighted by molar-refractivity contribution is 5.33. The summed E-state index contributed by atoms with van der Waals surface area (Å²) in [5, 5.41) is 3.52. The summed E-state index contributed by atoms with van der Waals surface area (Å²) in [6, 6.07) is 10.2. The highest BCUT2D eigenvalue weighted by Gasteiger charge is 2.14.